The van der Waals surface area contributed by atoms with Gasteiger partial charge in [-0.3, -0.25) is 4.55 Å². The van der Waals surface area contributed by atoms with Crippen molar-refractivity contribution in [3.63, 3.8) is 0 Å². The number of methoxy groups -OCH3 is 1. The fourth-order valence-electron chi connectivity index (χ4n) is 2.70. The summed E-state index contributed by atoms with van der Waals surface area (Å²) in [5, 5.41) is 1.03. The van der Waals surface area contributed by atoms with Gasteiger partial charge in [0.1, 0.15) is 10.4 Å². The largest absolute Gasteiger partial charge is 0.497 e. The first kappa shape index (κ1) is 18.6. The first-order valence-electron chi connectivity index (χ1n) is 8.15. The van der Waals surface area contributed by atoms with Crippen LogP contribution in [-0.2, 0) is 16.7 Å². The number of hydrogen-bond acceptors (Lipinski definition) is 4. The van der Waals surface area contributed by atoms with Crippen LogP contribution >= 0.6 is 11.3 Å². The third kappa shape index (κ3) is 4.69. The molecular formula is C19H20NO4S2+. The normalized spacial score (nSPS) is 12.1. The lowest BCUT2D eigenvalue weighted by Gasteiger charge is -1.99. The minimum Gasteiger partial charge on any atom is -0.497 e. The quantitative estimate of drug-likeness (QED) is 0.494. The Morgan fingerprint density at radius 2 is 1.85 bits per heavy atom. The minimum atomic E-state index is -3.95. The van der Waals surface area contributed by atoms with Crippen LogP contribution in [0.4, 0.5) is 0 Å². The van der Waals surface area contributed by atoms with Gasteiger partial charge >= 0.3 is 0 Å². The van der Waals surface area contributed by atoms with E-state index >= 15 is 0 Å². The fourth-order valence-corrected chi connectivity index (χ4v) is 4.28. The van der Waals surface area contributed by atoms with E-state index < -0.39 is 10.1 Å². The maximum absolute atomic E-state index is 11.0. The number of aromatic nitrogens is 1. The minimum absolute atomic E-state index is 0.244. The van der Waals surface area contributed by atoms with E-state index in [1.54, 1.807) is 18.4 Å². The van der Waals surface area contributed by atoms with Crippen LogP contribution in [0.5, 0.6) is 5.75 Å². The van der Waals surface area contributed by atoms with E-state index in [-0.39, 0.29) is 5.75 Å². The summed E-state index contributed by atoms with van der Waals surface area (Å²) < 4.78 is 39.3. The third-order valence-corrected chi connectivity index (χ3v) is 5.89. The number of benzene rings is 2. The van der Waals surface area contributed by atoms with Crippen LogP contribution in [0.3, 0.4) is 0 Å². The van der Waals surface area contributed by atoms with Crippen LogP contribution in [0.25, 0.3) is 22.4 Å². The van der Waals surface area contributed by atoms with Crippen LogP contribution in [0, 0.1) is 0 Å². The van der Waals surface area contributed by atoms with E-state index in [1.807, 2.05) is 60.7 Å². The molecule has 0 aliphatic rings. The second-order valence-electron chi connectivity index (χ2n) is 5.81. The lowest BCUT2D eigenvalue weighted by molar-refractivity contribution is -0.668. The molecular weight excluding hydrogens is 370 g/mol. The van der Waals surface area contributed by atoms with Crippen LogP contribution in [0.1, 0.15) is 17.0 Å². The van der Waals surface area contributed by atoms with Crippen molar-refractivity contribution in [2.45, 2.75) is 13.0 Å². The summed E-state index contributed by atoms with van der Waals surface area (Å²) in [5.41, 5.74) is 2.11. The van der Waals surface area contributed by atoms with Crippen LogP contribution in [0.2, 0.25) is 0 Å². The van der Waals surface area contributed by atoms with E-state index in [1.165, 1.54) is 0 Å². The molecule has 0 fully saturated rings. The molecule has 3 aromatic rings. The maximum atomic E-state index is 11.0. The van der Waals surface area contributed by atoms with Crippen LogP contribution in [0.15, 0.2) is 48.5 Å². The summed E-state index contributed by atoms with van der Waals surface area (Å²) in [4.78, 5) is 0. The summed E-state index contributed by atoms with van der Waals surface area (Å²) in [6, 6.07) is 15.8. The highest BCUT2D eigenvalue weighted by molar-refractivity contribution is 7.85. The third-order valence-electron chi connectivity index (χ3n) is 3.95. The van der Waals surface area contributed by atoms with Gasteiger partial charge in [0.05, 0.1) is 12.9 Å². The zero-order chi connectivity index (χ0) is 18.6. The zero-order valence-corrected chi connectivity index (χ0v) is 16.0. The molecule has 7 heteroatoms. The smallest absolute Gasteiger partial charge is 0.265 e. The van der Waals surface area contributed by atoms with Crippen molar-refractivity contribution in [3.8, 4) is 5.75 Å². The molecule has 0 unspecified atom stereocenters. The highest BCUT2D eigenvalue weighted by Gasteiger charge is 2.18. The van der Waals surface area contributed by atoms with Crippen molar-refractivity contribution in [3.05, 3.63) is 59.1 Å². The molecule has 0 bridgehead atoms. The summed E-state index contributed by atoms with van der Waals surface area (Å²) >= 11 is 1.65. The molecule has 0 amide bonds. The summed E-state index contributed by atoms with van der Waals surface area (Å²) in [6.07, 6.45) is 4.40. The van der Waals surface area contributed by atoms with Crippen LogP contribution in [-0.4, -0.2) is 25.8 Å². The van der Waals surface area contributed by atoms with E-state index in [0.29, 0.717) is 13.0 Å². The van der Waals surface area contributed by atoms with Gasteiger partial charge < -0.3 is 4.74 Å². The van der Waals surface area contributed by atoms with Gasteiger partial charge in [0.25, 0.3) is 15.1 Å². The molecule has 0 radical (unpaired) electrons. The van der Waals surface area contributed by atoms with Crippen molar-refractivity contribution in [1.29, 1.82) is 0 Å². The molecule has 2 aromatic carbocycles. The molecule has 0 saturated carbocycles. The van der Waals surface area contributed by atoms with E-state index in [0.717, 1.165) is 26.5 Å². The molecule has 26 heavy (non-hydrogen) atoms. The second-order valence-corrected chi connectivity index (χ2v) is 8.44. The summed E-state index contributed by atoms with van der Waals surface area (Å²) in [5.74, 6) is 0.565. The Morgan fingerprint density at radius 3 is 2.54 bits per heavy atom. The Hall–Kier alpha value is -2.22. The Bertz CT molecular complexity index is 1020. The fraction of sp³-hybridized carbons (Fsp3) is 0.211. The average Bonchev–Trinajstić information content (AvgIpc) is 2.97. The molecule has 0 atom stereocenters. The van der Waals surface area contributed by atoms with Crippen molar-refractivity contribution >= 4 is 43.8 Å². The number of thiazole rings is 1. The van der Waals surface area contributed by atoms with Gasteiger partial charge in [-0.15, -0.1) is 0 Å². The number of aryl methyl sites for hydroxylation is 1. The Morgan fingerprint density at radius 1 is 1.12 bits per heavy atom. The molecule has 0 aliphatic heterocycles. The van der Waals surface area contributed by atoms with Gasteiger partial charge in [-0.1, -0.05) is 35.6 Å². The first-order chi connectivity index (χ1) is 12.5. The first-order valence-corrected chi connectivity index (χ1v) is 10.6. The maximum Gasteiger partial charge on any atom is 0.265 e. The van der Waals surface area contributed by atoms with Gasteiger partial charge in [-0.2, -0.15) is 13.0 Å². The number of nitrogens with zero attached hydrogens (tertiary/aromatic N) is 1. The number of hydrogen-bond donors (Lipinski definition) is 1. The zero-order valence-electron chi connectivity index (χ0n) is 14.3. The predicted octanol–water partition coefficient (Wildman–Crippen LogP) is 3.65. The lowest BCUT2D eigenvalue weighted by Crippen LogP contribution is -2.35. The highest BCUT2D eigenvalue weighted by atomic mass is 32.2. The van der Waals surface area contributed by atoms with E-state index in [4.69, 9.17) is 9.29 Å². The lowest BCUT2D eigenvalue weighted by atomic mass is 10.2. The molecule has 0 spiro atoms. The molecule has 1 heterocycles. The predicted molar refractivity (Wildman–Crippen MR) is 105 cm³/mol. The van der Waals surface area contributed by atoms with Gasteiger partial charge in [0, 0.05) is 18.6 Å². The number of fused-ring (bicyclic) bond motifs is 1. The summed E-state index contributed by atoms with van der Waals surface area (Å²) in [6.45, 7) is 0.520. The van der Waals surface area contributed by atoms with E-state index in [9.17, 15) is 8.42 Å². The van der Waals surface area contributed by atoms with Gasteiger partial charge in [0.2, 0.25) is 5.52 Å². The molecule has 5 nitrogen and oxygen atoms in total. The molecule has 0 aliphatic carbocycles. The standard InChI is InChI=1S/C19H19NO4S2/c1-24-16-10-7-15(8-11-16)9-12-19-20(13-4-14-26(21,22)23)17-5-2-3-6-18(17)25-19/h2-3,5-12H,4,13-14H2,1H3/p+1. The monoisotopic (exact) mass is 390 g/mol. The Kier molecular flexibility index (Phi) is 5.70. The SMILES string of the molecule is COc1ccc(C=Cc2sc3ccccc3[n+]2CCCS(=O)(=O)O)cc1. The van der Waals surface area contributed by atoms with Crippen molar-refractivity contribution in [1.82, 2.24) is 0 Å². The molecule has 136 valence electrons. The van der Waals surface area contributed by atoms with Gasteiger partial charge in [-0.05, 0) is 29.8 Å². The Labute approximate surface area is 156 Å². The molecule has 1 aromatic heterocycles. The van der Waals surface area contributed by atoms with Crippen LogP contribution < -0.4 is 9.30 Å². The molecule has 3 rings (SSSR count). The van der Waals surface area contributed by atoms with Gasteiger partial charge in [-0.25, -0.2) is 0 Å². The van der Waals surface area contributed by atoms with Crippen molar-refractivity contribution < 1.29 is 22.3 Å². The number of para-hydroxylation sites is 1. The second kappa shape index (κ2) is 7.99. The van der Waals surface area contributed by atoms with Gasteiger partial charge in [0.15, 0.2) is 6.54 Å². The topological polar surface area (TPSA) is 67.5 Å². The highest BCUT2D eigenvalue weighted by Crippen LogP contribution is 2.22. The van der Waals surface area contributed by atoms with Crippen molar-refractivity contribution in [2.24, 2.45) is 0 Å². The summed E-state index contributed by atoms with van der Waals surface area (Å²) in [7, 11) is -2.31. The Balaban J connectivity index is 1.88. The molecule has 0 saturated heterocycles. The average molecular weight is 391 g/mol. The number of rotatable bonds is 7. The van der Waals surface area contributed by atoms with E-state index in [2.05, 4.69) is 4.57 Å². The number of ether oxygens (including phenoxy) is 1. The molecule has 1 N–H and O–H groups in total. The van der Waals surface area contributed by atoms with Crippen molar-refractivity contribution in [2.75, 3.05) is 12.9 Å².